The van der Waals surface area contributed by atoms with Gasteiger partial charge in [-0.05, 0) is 45.6 Å². The molecule has 1 aliphatic rings. The first-order valence-electron chi connectivity index (χ1n) is 10.9. The van der Waals surface area contributed by atoms with E-state index in [2.05, 4.69) is 10.6 Å². The van der Waals surface area contributed by atoms with Gasteiger partial charge in [-0.2, -0.15) is 0 Å². The SMILES string of the molecule is COC(=O)C1CCCCN1C(=O)C(CNC(=O)OC(C)(C)C)NC(=O)OCc1ccccc1. The van der Waals surface area contributed by atoms with Crippen molar-refractivity contribution < 1.29 is 33.4 Å². The van der Waals surface area contributed by atoms with E-state index in [4.69, 9.17) is 14.2 Å². The summed E-state index contributed by atoms with van der Waals surface area (Å²) in [5.41, 5.74) is 0.0540. The molecule has 1 fully saturated rings. The zero-order valence-electron chi connectivity index (χ0n) is 19.6. The van der Waals surface area contributed by atoms with Crippen LogP contribution in [-0.2, 0) is 30.4 Å². The van der Waals surface area contributed by atoms with Gasteiger partial charge in [-0.25, -0.2) is 14.4 Å². The fourth-order valence-electron chi connectivity index (χ4n) is 3.38. The molecule has 2 unspecified atom stereocenters. The third-order valence-corrected chi connectivity index (χ3v) is 4.91. The quantitative estimate of drug-likeness (QED) is 0.470. The number of hydrogen-bond donors (Lipinski definition) is 2. The van der Waals surface area contributed by atoms with E-state index >= 15 is 0 Å². The minimum atomic E-state index is -1.16. The van der Waals surface area contributed by atoms with Crippen LogP contribution in [0.2, 0.25) is 0 Å². The molecular formula is C23H33N3O7. The lowest BCUT2D eigenvalue weighted by molar-refractivity contribution is -0.155. The number of likely N-dealkylation sites (tertiary alicyclic amines) is 1. The highest BCUT2D eigenvalue weighted by atomic mass is 16.6. The van der Waals surface area contributed by atoms with Gasteiger partial charge in [-0.3, -0.25) is 4.79 Å². The highest BCUT2D eigenvalue weighted by Gasteiger charge is 2.37. The smallest absolute Gasteiger partial charge is 0.408 e. The Kier molecular flexibility index (Phi) is 9.50. The number of alkyl carbamates (subject to hydrolysis) is 2. The average Bonchev–Trinajstić information content (AvgIpc) is 2.79. The van der Waals surface area contributed by atoms with Crippen molar-refractivity contribution in [3.05, 3.63) is 35.9 Å². The van der Waals surface area contributed by atoms with Crippen LogP contribution in [0.4, 0.5) is 9.59 Å². The van der Waals surface area contributed by atoms with Crippen LogP contribution in [0.5, 0.6) is 0 Å². The summed E-state index contributed by atoms with van der Waals surface area (Å²) in [6.45, 7) is 5.25. The van der Waals surface area contributed by atoms with Gasteiger partial charge >= 0.3 is 18.2 Å². The minimum Gasteiger partial charge on any atom is -0.467 e. The summed E-state index contributed by atoms with van der Waals surface area (Å²) in [6.07, 6.45) is 0.391. The minimum absolute atomic E-state index is 0.0155. The summed E-state index contributed by atoms with van der Waals surface area (Å²) >= 11 is 0. The molecule has 0 saturated carbocycles. The van der Waals surface area contributed by atoms with Crippen LogP contribution in [-0.4, -0.2) is 66.8 Å². The van der Waals surface area contributed by atoms with E-state index < -0.39 is 41.7 Å². The summed E-state index contributed by atoms with van der Waals surface area (Å²) in [5, 5.41) is 5.01. The number of carbonyl (C=O) groups is 4. The first-order valence-corrected chi connectivity index (χ1v) is 10.9. The Labute approximate surface area is 193 Å². The lowest BCUT2D eigenvalue weighted by Crippen LogP contribution is -2.58. The molecule has 0 aliphatic carbocycles. The fourth-order valence-corrected chi connectivity index (χ4v) is 3.38. The van der Waals surface area contributed by atoms with Gasteiger partial charge < -0.3 is 29.7 Å². The van der Waals surface area contributed by atoms with E-state index in [-0.39, 0.29) is 13.2 Å². The average molecular weight is 464 g/mol. The molecule has 10 nitrogen and oxygen atoms in total. The summed E-state index contributed by atoms with van der Waals surface area (Å²) in [4.78, 5) is 51.4. The van der Waals surface area contributed by atoms with Crippen LogP contribution in [0, 0.1) is 0 Å². The van der Waals surface area contributed by atoms with Crippen molar-refractivity contribution in [2.24, 2.45) is 0 Å². The molecule has 0 spiro atoms. The summed E-state index contributed by atoms with van der Waals surface area (Å²) in [6, 6.07) is 7.17. The number of piperidine rings is 1. The summed E-state index contributed by atoms with van der Waals surface area (Å²) in [5.74, 6) is -1.04. The molecule has 3 amide bonds. The van der Waals surface area contributed by atoms with Gasteiger partial charge in [0.2, 0.25) is 5.91 Å². The first-order chi connectivity index (χ1) is 15.6. The van der Waals surface area contributed by atoms with Crippen LogP contribution in [0.1, 0.15) is 45.6 Å². The summed E-state index contributed by atoms with van der Waals surface area (Å²) in [7, 11) is 1.26. The normalized spacial score (nSPS) is 16.8. The molecule has 0 radical (unpaired) electrons. The van der Waals surface area contributed by atoms with Crippen molar-refractivity contribution in [2.45, 2.75) is 64.3 Å². The molecule has 2 N–H and O–H groups in total. The predicted molar refractivity (Wildman–Crippen MR) is 119 cm³/mol. The molecule has 1 aromatic carbocycles. The van der Waals surface area contributed by atoms with Crippen molar-refractivity contribution in [1.82, 2.24) is 15.5 Å². The van der Waals surface area contributed by atoms with Crippen molar-refractivity contribution in [1.29, 1.82) is 0 Å². The molecule has 0 aromatic heterocycles. The zero-order chi connectivity index (χ0) is 24.4. The number of carbonyl (C=O) groups excluding carboxylic acids is 4. The highest BCUT2D eigenvalue weighted by molar-refractivity contribution is 5.90. The molecule has 182 valence electrons. The Hall–Kier alpha value is -3.30. The lowest BCUT2D eigenvalue weighted by atomic mass is 10.0. The van der Waals surface area contributed by atoms with Gasteiger partial charge in [0.25, 0.3) is 0 Å². The number of hydrogen-bond acceptors (Lipinski definition) is 7. The highest BCUT2D eigenvalue weighted by Crippen LogP contribution is 2.19. The van der Waals surface area contributed by atoms with Crippen LogP contribution >= 0.6 is 0 Å². The second-order valence-corrected chi connectivity index (χ2v) is 8.71. The van der Waals surface area contributed by atoms with Gasteiger partial charge in [0.15, 0.2) is 0 Å². The number of nitrogens with zero attached hydrogens (tertiary/aromatic N) is 1. The van der Waals surface area contributed by atoms with Crippen molar-refractivity contribution in [3.63, 3.8) is 0 Å². The second-order valence-electron chi connectivity index (χ2n) is 8.71. The molecule has 10 heteroatoms. The summed E-state index contributed by atoms with van der Waals surface area (Å²) < 4.78 is 15.3. The Balaban J connectivity index is 2.09. The molecule has 1 aliphatic heterocycles. The third-order valence-electron chi connectivity index (χ3n) is 4.91. The maximum Gasteiger partial charge on any atom is 0.408 e. The number of benzene rings is 1. The molecule has 2 rings (SSSR count). The first kappa shape index (κ1) is 26.0. The molecule has 33 heavy (non-hydrogen) atoms. The Bertz CT molecular complexity index is 823. The Morgan fingerprint density at radius 1 is 1.09 bits per heavy atom. The van der Waals surface area contributed by atoms with E-state index in [1.165, 1.54) is 12.0 Å². The second kappa shape index (κ2) is 12.1. The Morgan fingerprint density at radius 3 is 2.42 bits per heavy atom. The molecular weight excluding hydrogens is 430 g/mol. The number of methoxy groups -OCH3 is 1. The van der Waals surface area contributed by atoms with Crippen molar-refractivity contribution in [3.8, 4) is 0 Å². The van der Waals surface area contributed by atoms with Gasteiger partial charge in [-0.15, -0.1) is 0 Å². The van der Waals surface area contributed by atoms with Gasteiger partial charge in [0, 0.05) is 6.54 Å². The predicted octanol–water partition coefficient (Wildman–Crippen LogP) is 2.36. The molecule has 1 aromatic rings. The molecule has 1 heterocycles. The molecule has 2 atom stereocenters. The van der Waals surface area contributed by atoms with E-state index in [1.807, 2.05) is 18.2 Å². The van der Waals surface area contributed by atoms with Gasteiger partial charge in [0.05, 0.1) is 13.7 Å². The largest absolute Gasteiger partial charge is 0.467 e. The zero-order valence-corrected chi connectivity index (χ0v) is 19.6. The number of ether oxygens (including phenoxy) is 3. The van der Waals surface area contributed by atoms with E-state index in [1.54, 1.807) is 32.9 Å². The van der Waals surface area contributed by atoms with Crippen LogP contribution in [0.25, 0.3) is 0 Å². The molecule has 0 bridgehead atoms. The van der Waals surface area contributed by atoms with E-state index in [9.17, 15) is 19.2 Å². The van der Waals surface area contributed by atoms with E-state index in [0.29, 0.717) is 19.4 Å². The maximum atomic E-state index is 13.3. The van der Waals surface area contributed by atoms with Crippen LogP contribution < -0.4 is 10.6 Å². The van der Waals surface area contributed by atoms with Crippen molar-refractivity contribution >= 4 is 24.1 Å². The van der Waals surface area contributed by atoms with Crippen LogP contribution in [0.3, 0.4) is 0 Å². The van der Waals surface area contributed by atoms with E-state index in [0.717, 1.165) is 12.0 Å². The standard InChI is InChI=1S/C23H33N3O7/c1-23(2,3)33-21(29)24-14-17(25-22(30)32-15-16-10-6-5-7-11-16)19(27)26-13-9-8-12-18(26)20(28)31-4/h5-7,10-11,17-18H,8-9,12-15H2,1-4H3,(H,24,29)(H,25,30). The van der Waals surface area contributed by atoms with Gasteiger partial charge in [-0.1, -0.05) is 30.3 Å². The molecule has 1 saturated heterocycles. The lowest BCUT2D eigenvalue weighted by Gasteiger charge is -2.36. The number of nitrogens with one attached hydrogen (secondary N) is 2. The topological polar surface area (TPSA) is 123 Å². The number of esters is 1. The van der Waals surface area contributed by atoms with Gasteiger partial charge in [0.1, 0.15) is 24.3 Å². The number of rotatable bonds is 7. The maximum absolute atomic E-state index is 13.3. The van der Waals surface area contributed by atoms with Crippen molar-refractivity contribution in [2.75, 3.05) is 20.2 Å². The Morgan fingerprint density at radius 2 is 1.79 bits per heavy atom. The van der Waals surface area contributed by atoms with Crippen LogP contribution in [0.15, 0.2) is 30.3 Å². The monoisotopic (exact) mass is 463 g/mol. The fraction of sp³-hybridized carbons (Fsp3) is 0.565. The number of amides is 3. The third kappa shape index (κ3) is 8.63.